The molecule has 0 N–H and O–H groups in total. The van der Waals surface area contributed by atoms with E-state index >= 15 is 0 Å². The lowest BCUT2D eigenvalue weighted by molar-refractivity contribution is -0.136. The molecule has 3 fully saturated rings. The van der Waals surface area contributed by atoms with Crippen LogP contribution in [0.3, 0.4) is 0 Å². The van der Waals surface area contributed by atoms with E-state index < -0.39 is 0 Å². The third kappa shape index (κ3) is 4.78. The van der Waals surface area contributed by atoms with Crippen molar-refractivity contribution < 1.29 is 19.1 Å². The van der Waals surface area contributed by atoms with Gasteiger partial charge in [0, 0.05) is 44.5 Å². The number of nitrogens with zero attached hydrogens (tertiary/aromatic N) is 3. The summed E-state index contributed by atoms with van der Waals surface area (Å²) in [4.78, 5) is 33.0. The maximum absolute atomic E-state index is 12.9. The van der Waals surface area contributed by atoms with Gasteiger partial charge < -0.3 is 19.3 Å². The Kier molecular flexibility index (Phi) is 6.15. The second-order valence-electron chi connectivity index (χ2n) is 8.48. The van der Waals surface area contributed by atoms with Crippen LogP contribution in [0.25, 0.3) is 0 Å². The van der Waals surface area contributed by atoms with Gasteiger partial charge in [0.15, 0.2) is 5.78 Å². The number of piperidine rings is 1. The standard InChI is InChI=1S/C22H31N3O4/c1-17(26)18-5-6-20(23-15-18)24-9-7-22(8-10-24)14-21(27)25(11-13-29-22)16-19-4-2-3-12-28-19/h5-6,15,19H,2-4,7-14,16H2,1H3. The van der Waals surface area contributed by atoms with E-state index in [1.807, 2.05) is 17.0 Å². The van der Waals surface area contributed by atoms with Crippen LogP contribution < -0.4 is 4.90 Å². The molecule has 3 aliphatic rings. The van der Waals surface area contributed by atoms with Crippen LogP contribution in [0.4, 0.5) is 5.82 Å². The van der Waals surface area contributed by atoms with E-state index in [1.165, 1.54) is 6.42 Å². The lowest BCUT2D eigenvalue weighted by Crippen LogP contribution is -2.48. The molecule has 4 rings (SSSR count). The normalized spacial score (nSPS) is 25.1. The second kappa shape index (κ2) is 8.79. The molecular formula is C22H31N3O4. The molecule has 0 aliphatic carbocycles. The van der Waals surface area contributed by atoms with Gasteiger partial charge in [-0.15, -0.1) is 0 Å². The summed E-state index contributed by atoms with van der Waals surface area (Å²) in [6, 6.07) is 3.73. The number of Topliss-reactive ketones (excluding diaryl/α,β-unsaturated/α-hetero) is 1. The van der Waals surface area contributed by atoms with Crippen LogP contribution >= 0.6 is 0 Å². The molecule has 1 aromatic rings. The third-order valence-electron chi connectivity index (χ3n) is 6.45. The smallest absolute Gasteiger partial charge is 0.225 e. The van der Waals surface area contributed by atoms with Crippen molar-refractivity contribution in [3.8, 4) is 0 Å². The molecular weight excluding hydrogens is 370 g/mol. The number of rotatable bonds is 4. The number of ether oxygens (including phenoxy) is 2. The summed E-state index contributed by atoms with van der Waals surface area (Å²) < 4.78 is 12.1. The highest BCUT2D eigenvalue weighted by atomic mass is 16.5. The highest BCUT2D eigenvalue weighted by Crippen LogP contribution is 2.34. The van der Waals surface area contributed by atoms with E-state index in [-0.39, 0.29) is 23.4 Å². The fraction of sp³-hybridized carbons (Fsp3) is 0.682. The monoisotopic (exact) mass is 401 g/mol. The number of anilines is 1. The van der Waals surface area contributed by atoms with Crippen LogP contribution in [0.5, 0.6) is 0 Å². The minimum Gasteiger partial charge on any atom is -0.376 e. The summed E-state index contributed by atoms with van der Waals surface area (Å²) in [6.45, 7) is 5.88. The zero-order chi connectivity index (χ0) is 20.3. The van der Waals surface area contributed by atoms with Gasteiger partial charge in [0.05, 0.1) is 24.7 Å². The first-order valence-corrected chi connectivity index (χ1v) is 10.8. The van der Waals surface area contributed by atoms with Crippen LogP contribution in [-0.4, -0.2) is 72.7 Å². The molecule has 3 saturated heterocycles. The van der Waals surface area contributed by atoms with Crippen molar-refractivity contribution in [2.24, 2.45) is 0 Å². The van der Waals surface area contributed by atoms with Crippen LogP contribution in [0.1, 0.15) is 55.8 Å². The summed E-state index contributed by atoms with van der Waals surface area (Å²) in [6.07, 6.45) is 7.23. The van der Waals surface area contributed by atoms with E-state index in [9.17, 15) is 9.59 Å². The van der Waals surface area contributed by atoms with Gasteiger partial charge in [-0.25, -0.2) is 4.98 Å². The first-order chi connectivity index (χ1) is 14.0. The van der Waals surface area contributed by atoms with Crippen LogP contribution in [0.2, 0.25) is 0 Å². The predicted octanol–water partition coefficient (Wildman–Crippen LogP) is 2.44. The summed E-state index contributed by atoms with van der Waals surface area (Å²) in [5.74, 6) is 1.09. The summed E-state index contributed by atoms with van der Waals surface area (Å²) in [5, 5.41) is 0. The van der Waals surface area contributed by atoms with E-state index in [4.69, 9.17) is 9.47 Å². The van der Waals surface area contributed by atoms with Gasteiger partial charge in [-0.3, -0.25) is 9.59 Å². The number of aromatic nitrogens is 1. The molecule has 0 bridgehead atoms. The number of hydrogen-bond acceptors (Lipinski definition) is 6. The number of carbonyl (C=O) groups is 2. The molecule has 0 saturated carbocycles. The molecule has 7 heteroatoms. The molecule has 3 aliphatic heterocycles. The largest absolute Gasteiger partial charge is 0.376 e. The number of ketones is 1. The lowest BCUT2D eigenvalue weighted by atomic mass is 9.87. The summed E-state index contributed by atoms with van der Waals surface area (Å²) in [5.41, 5.74) is 0.261. The SMILES string of the molecule is CC(=O)c1ccc(N2CCC3(CC2)CC(=O)N(CC2CCCCO2)CCO3)nc1. The Morgan fingerprint density at radius 1 is 1.21 bits per heavy atom. The predicted molar refractivity (Wildman–Crippen MR) is 109 cm³/mol. The second-order valence-corrected chi connectivity index (χ2v) is 8.48. The first-order valence-electron chi connectivity index (χ1n) is 10.8. The molecule has 4 heterocycles. The Hall–Kier alpha value is -1.99. The Bertz CT molecular complexity index is 722. The van der Waals surface area contributed by atoms with Crippen molar-refractivity contribution in [1.29, 1.82) is 0 Å². The van der Waals surface area contributed by atoms with E-state index in [0.29, 0.717) is 31.7 Å². The van der Waals surface area contributed by atoms with Gasteiger partial charge in [-0.1, -0.05) is 0 Å². The Morgan fingerprint density at radius 2 is 2.03 bits per heavy atom. The van der Waals surface area contributed by atoms with Crippen molar-refractivity contribution in [1.82, 2.24) is 9.88 Å². The fourth-order valence-electron chi connectivity index (χ4n) is 4.57. The molecule has 0 radical (unpaired) electrons. The minimum atomic E-state index is -0.366. The highest BCUT2D eigenvalue weighted by molar-refractivity contribution is 5.93. The van der Waals surface area contributed by atoms with Crippen molar-refractivity contribution >= 4 is 17.5 Å². The number of pyridine rings is 1. The third-order valence-corrected chi connectivity index (χ3v) is 6.45. The molecule has 29 heavy (non-hydrogen) atoms. The van der Waals surface area contributed by atoms with Crippen LogP contribution in [0.15, 0.2) is 18.3 Å². The Labute approximate surface area is 172 Å². The Morgan fingerprint density at radius 3 is 2.69 bits per heavy atom. The fourth-order valence-corrected chi connectivity index (χ4v) is 4.57. The molecule has 1 unspecified atom stereocenters. The molecule has 158 valence electrons. The topological polar surface area (TPSA) is 72.0 Å². The Balaban J connectivity index is 1.34. The number of amides is 1. The first kappa shape index (κ1) is 20.3. The van der Waals surface area contributed by atoms with Crippen molar-refractivity contribution in [3.63, 3.8) is 0 Å². The molecule has 1 aromatic heterocycles. The average molecular weight is 402 g/mol. The van der Waals surface area contributed by atoms with Gasteiger partial charge in [0.1, 0.15) is 5.82 Å². The average Bonchev–Trinajstić information content (AvgIpc) is 2.88. The van der Waals surface area contributed by atoms with Gasteiger partial charge in [-0.05, 0) is 51.2 Å². The van der Waals surface area contributed by atoms with Crippen LogP contribution in [-0.2, 0) is 14.3 Å². The van der Waals surface area contributed by atoms with Crippen molar-refractivity contribution in [3.05, 3.63) is 23.9 Å². The zero-order valence-corrected chi connectivity index (χ0v) is 17.3. The van der Waals surface area contributed by atoms with E-state index in [0.717, 1.165) is 51.2 Å². The van der Waals surface area contributed by atoms with Crippen molar-refractivity contribution in [2.75, 3.05) is 44.3 Å². The van der Waals surface area contributed by atoms with E-state index in [1.54, 1.807) is 13.1 Å². The quantitative estimate of drug-likeness (QED) is 0.722. The van der Waals surface area contributed by atoms with E-state index in [2.05, 4.69) is 9.88 Å². The van der Waals surface area contributed by atoms with Gasteiger partial charge in [-0.2, -0.15) is 0 Å². The summed E-state index contributed by atoms with van der Waals surface area (Å²) >= 11 is 0. The maximum atomic E-state index is 12.9. The molecule has 1 atom stereocenters. The zero-order valence-electron chi connectivity index (χ0n) is 17.3. The minimum absolute atomic E-state index is 0.0233. The molecule has 0 aromatic carbocycles. The highest BCUT2D eigenvalue weighted by Gasteiger charge is 2.41. The molecule has 1 spiro atoms. The van der Waals surface area contributed by atoms with Crippen molar-refractivity contribution in [2.45, 2.75) is 57.2 Å². The molecule has 7 nitrogen and oxygen atoms in total. The van der Waals surface area contributed by atoms with Gasteiger partial charge in [0.25, 0.3) is 0 Å². The summed E-state index contributed by atoms with van der Waals surface area (Å²) in [7, 11) is 0. The van der Waals surface area contributed by atoms with Gasteiger partial charge >= 0.3 is 0 Å². The van der Waals surface area contributed by atoms with Crippen LogP contribution in [0, 0.1) is 0 Å². The number of carbonyl (C=O) groups excluding carboxylic acids is 2. The maximum Gasteiger partial charge on any atom is 0.225 e. The number of hydrogen-bond donors (Lipinski definition) is 0. The lowest BCUT2D eigenvalue weighted by Gasteiger charge is -2.41. The molecule has 1 amide bonds. The van der Waals surface area contributed by atoms with Gasteiger partial charge in [0.2, 0.25) is 5.91 Å².